The fourth-order valence-corrected chi connectivity index (χ4v) is 2.72. The van der Waals surface area contributed by atoms with E-state index in [2.05, 4.69) is 66.7 Å². The van der Waals surface area contributed by atoms with Gasteiger partial charge in [0.2, 0.25) is 0 Å². The van der Waals surface area contributed by atoms with Crippen molar-refractivity contribution in [2.75, 3.05) is 6.61 Å². The zero-order chi connectivity index (χ0) is 13.6. The number of rotatable bonds is 4. The number of hydrogen-bond donors (Lipinski definition) is 0. The Labute approximate surface area is 120 Å². The van der Waals surface area contributed by atoms with E-state index in [1.54, 1.807) is 0 Å². The lowest BCUT2D eigenvalue weighted by Crippen LogP contribution is -2.03. The van der Waals surface area contributed by atoms with Gasteiger partial charge in [-0.1, -0.05) is 66.7 Å². The monoisotopic (exact) mass is 264 g/mol. The molecular weight excluding hydrogens is 244 g/mol. The van der Waals surface area contributed by atoms with Gasteiger partial charge in [-0.15, -0.1) is 0 Å². The largest absolute Gasteiger partial charge is 0.378 e. The van der Waals surface area contributed by atoms with Gasteiger partial charge in [0.1, 0.15) is 0 Å². The van der Waals surface area contributed by atoms with Crippen LogP contribution in [-0.2, 0) is 4.74 Å². The van der Waals surface area contributed by atoms with Crippen LogP contribution in [0.4, 0.5) is 0 Å². The summed E-state index contributed by atoms with van der Waals surface area (Å²) in [7, 11) is 0. The van der Waals surface area contributed by atoms with Gasteiger partial charge in [0, 0.05) is 6.61 Å². The van der Waals surface area contributed by atoms with Crippen LogP contribution >= 0.6 is 0 Å². The van der Waals surface area contributed by atoms with Crippen molar-refractivity contribution in [3.05, 3.63) is 77.9 Å². The van der Waals surface area contributed by atoms with E-state index >= 15 is 0 Å². The maximum absolute atomic E-state index is 5.73. The SMILES string of the molecule is C(C[C@@H]1CCCO1)=C(c1ccccc1)c1ccccc1. The zero-order valence-corrected chi connectivity index (χ0v) is 11.7. The van der Waals surface area contributed by atoms with E-state index in [-0.39, 0.29) is 0 Å². The first kappa shape index (κ1) is 13.1. The Hall–Kier alpha value is -1.86. The molecule has 1 aliphatic heterocycles. The molecule has 1 nitrogen and oxygen atoms in total. The molecule has 2 aromatic carbocycles. The average Bonchev–Trinajstić information content (AvgIpc) is 3.03. The maximum atomic E-state index is 5.73. The average molecular weight is 264 g/mol. The molecule has 0 bridgehead atoms. The van der Waals surface area contributed by atoms with Gasteiger partial charge in [0.25, 0.3) is 0 Å². The van der Waals surface area contributed by atoms with Crippen molar-refractivity contribution in [2.45, 2.75) is 25.4 Å². The van der Waals surface area contributed by atoms with Crippen molar-refractivity contribution in [2.24, 2.45) is 0 Å². The first-order valence-corrected chi connectivity index (χ1v) is 7.36. The molecule has 1 atom stereocenters. The molecule has 1 fully saturated rings. The highest BCUT2D eigenvalue weighted by molar-refractivity contribution is 5.79. The molecule has 0 amide bonds. The van der Waals surface area contributed by atoms with Gasteiger partial charge >= 0.3 is 0 Å². The highest BCUT2D eigenvalue weighted by Crippen LogP contribution is 2.25. The second kappa shape index (κ2) is 6.53. The summed E-state index contributed by atoms with van der Waals surface area (Å²) in [6.07, 6.45) is 6.12. The van der Waals surface area contributed by atoms with Crippen LogP contribution in [0.3, 0.4) is 0 Å². The minimum absolute atomic E-state index is 0.400. The van der Waals surface area contributed by atoms with Crippen molar-refractivity contribution < 1.29 is 4.74 Å². The van der Waals surface area contributed by atoms with Crippen LogP contribution in [0, 0.1) is 0 Å². The highest BCUT2D eigenvalue weighted by Gasteiger charge is 2.14. The van der Waals surface area contributed by atoms with E-state index < -0.39 is 0 Å². The van der Waals surface area contributed by atoms with Crippen molar-refractivity contribution in [1.82, 2.24) is 0 Å². The van der Waals surface area contributed by atoms with E-state index in [9.17, 15) is 0 Å². The third kappa shape index (κ3) is 3.17. The lowest BCUT2D eigenvalue weighted by Gasteiger charge is -2.11. The molecule has 20 heavy (non-hydrogen) atoms. The van der Waals surface area contributed by atoms with Gasteiger partial charge < -0.3 is 4.74 Å². The fraction of sp³-hybridized carbons (Fsp3) is 0.263. The predicted molar refractivity (Wildman–Crippen MR) is 83.6 cm³/mol. The second-order valence-electron chi connectivity index (χ2n) is 5.22. The lowest BCUT2D eigenvalue weighted by atomic mass is 9.96. The standard InChI is InChI=1S/C19H20O/c1-3-8-16(9-4-1)19(17-10-5-2-6-11-17)14-13-18-12-7-15-20-18/h1-6,8-11,14,18H,7,12-13,15H2/t18-/m0/s1. The van der Waals surface area contributed by atoms with Gasteiger partial charge in [-0.2, -0.15) is 0 Å². The molecule has 1 aliphatic rings. The summed E-state index contributed by atoms with van der Waals surface area (Å²) in [6.45, 7) is 0.921. The van der Waals surface area contributed by atoms with Crippen LogP contribution < -0.4 is 0 Å². The third-order valence-electron chi connectivity index (χ3n) is 3.78. The third-order valence-corrected chi connectivity index (χ3v) is 3.78. The molecular formula is C19H20O. The van der Waals surface area contributed by atoms with E-state index in [1.165, 1.54) is 29.5 Å². The fourth-order valence-electron chi connectivity index (χ4n) is 2.72. The van der Waals surface area contributed by atoms with E-state index in [1.807, 2.05) is 0 Å². The summed E-state index contributed by atoms with van der Waals surface area (Å²) < 4.78 is 5.73. The lowest BCUT2D eigenvalue weighted by molar-refractivity contribution is 0.113. The summed E-state index contributed by atoms with van der Waals surface area (Å²) in [4.78, 5) is 0. The summed E-state index contributed by atoms with van der Waals surface area (Å²) in [6, 6.07) is 21.2. The summed E-state index contributed by atoms with van der Waals surface area (Å²) in [5.74, 6) is 0. The molecule has 2 aromatic rings. The molecule has 1 heterocycles. The van der Waals surface area contributed by atoms with Crippen molar-refractivity contribution in [1.29, 1.82) is 0 Å². The van der Waals surface area contributed by atoms with Gasteiger partial charge in [0.05, 0.1) is 6.10 Å². The van der Waals surface area contributed by atoms with Gasteiger partial charge in [-0.25, -0.2) is 0 Å². The van der Waals surface area contributed by atoms with Crippen molar-refractivity contribution in [3.8, 4) is 0 Å². The predicted octanol–water partition coefficient (Wildman–Crippen LogP) is 4.69. The van der Waals surface area contributed by atoms with Crippen LogP contribution in [0.25, 0.3) is 5.57 Å². The molecule has 0 spiro atoms. The van der Waals surface area contributed by atoms with Crippen LogP contribution in [0.2, 0.25) is 0 Å². The summed E-state index contributed by atoms with van der Waals surface area (Å²) in [5.41, 5.74) is 3.86. The van der Waals surface area contributed by atoms with Crippen molar-refractivity contribution in [3.63, 3.8) is 0 Å². The molecule has 3 rings (SSSR count). The van der Waals surface area contributed by atoms with E-state index in [0.717, 1.165) is 13.0 Å². The van der Waals surface area contributed by atoms with E-state index in [0.29, 0.717) is 6.10 Å². The topological polar surface area (TPSA) is 9.23 Å². The summed E-state index contributed by atoms with van der Waals surface area (Å²) >= 11 is 0. The Morgan fingerprint density at radius 2 is 1.55 bits per heavy atom. The molecule has 0 aromatic heterocycles. The minimum Gasteiger partial charge on any atom is -0.378 e. The second-order valence-corrected chi connectivity index (χ2v) is 5.22. The number of hydrogen-bond acceptors (Lipinski definition) is 1. The number of ether oxygens (including phenoxy) is 1. The van der Waals surface area contributed by atoms with Crippen LogP contribution in [0.5, 0.6) is 0 Å². The first-order chi connectivity index (χ1) is 9.93. The Bertz CT molecular complexity index is 509. The Balaban J connectivity index is 1.89. The quantitative estimate of drug-likeness (QED) is 0.778. The Kier molecular flexibility index (Phi) is 4.29. The van der Waals surface area contributed by atoms with Crippen molar-refractivity contribution >= 4 is 5.57 Å². The molecule has 1 heteroatoms. The molecule has 0 unspecified atom stereocenters. The molecule has 1 saturated heterocycles. The minimum atomic E-state index is 0.400. The molecule has 102 valence electrons. The first-order valence-electron chi connectivity index (χ1n) is 7.36. The van der Waals surface area contributed by atoms with Gasteiger partial charge in [-0.05, 0) is 36.0 Å². The van der Waals surface area contributed by atoms with Crippen LogP contribution in [-0.4, -0.2) is 12.7 Å². The summed E-state index contributed by atoms with van der Waals surface area (Å²) in [5, 5.41) is 0. The number of benzene rings is 2. The molecule has 0 N–H and O–H groups in total. The molecule has 0 saturated carbocycles. The maximum Gasteiger partial charge on any atom is 0.0610 e. The normalized spacial score (nSPS) is 17.9. The van der Waals surface area contributed by atoms with Crippen LogP contribution in [0.15, 0.2) is 66.7 Å². The molecule has 0 radical (unpaired) electrons. The van der Waals surface area contributed by atoms with Gasteiger partial charge in [0.15, 0.2) is 0 Å². The van der Waals surface area contributed by atoms with Crippen LogP contribution in [0.1, 0.15) is 30.4 Å². The smallest absolute Gasteiger partial charge is 0.0610 e. The van der Waals surface area contributed by atoms with Gasteiger partial charge in [-0.3, -0.25) is 0 Å². The Morgan fingerprint density at radius 1 is 0.950 bits per heavy atom. The Morgan fingerprint density at radius 3 is 2.05 bits per heavy atom. The highest BCUT2D eigenvalue weighted by atomic mass is 16.5. The zero-order valence-electron chi connectivity index (χ0n) is 11.7. The van der Waals surface area contributed by atoms with E-state index in [4.69, 9.17) is 4.74 Å². The molecule has 0 aliphatic carbocycles.